The van der Waals surface area contributed by atoms with Crippen LogP contribution in [0, 0.1) is 11.3 Å². The van der Waals surface area contributed by atoms with Gasteiger partial charge in [-0.2, -0.15) is 5.26 Å². The van der Waals surface area contributed by atoms with Crippen LogP contribution in [-0.4, -0.2) is 20.2 Å². The summed E-state index contributed by atoms with van der Waals surface area (Å²) in [5, 5.41) is 9.95. The van der Waals surface area contributed by atoms with Gasteiger partial charge in [0.25, 0.3) is 0 Å². The number of esters is 1. The fraction of sp³-hybridized carbons (Fsp3) is 0.125. The van der Waals surface area contributed by atoms with Crippen LogP contribution in [0.4, 0.5) is 0 Å². The molecule has 1 aliphatic heterocycles. The molecule has 0 spiro atoms. The summed E-state index contributed by atoms with van der Waals surface area (Å²) in [6.07, 6.45) is 0. The maximum Gasteiger partial charge on any atom is 0.323 e. The third kappa shape index (κ3) is 4.88. The summed E-state index contributed by atoms with van der Waals surface area (Å²) >= 11 is 0. The normalized spacial score (nSPS) is 14.2. The molecule has 0 amide bonds. The van der Waals surface area contributed by atoms with E-state index >= 15 is 0 Å². The number of hydrogen-bond donors (Lipinski definition) is 1. The van der Waals surface area contributed by atoms with Gasteiger partial charge in [-0.3, -0.25) is 4.79 Å². The molecule has 0 aromatic heterocycles. The fourth-order valence-electron chi connectivity index (χ4n) is 4.89. The molecule has 0 saturated carbocycles. The molecule has 2 N–H and O–H groups in total. The second-order valence-electron chi connectivity index (χ2n) is 8.88. The Kier molecular flexibility index (Phi) is 7.19. The number of ether oxygens (including phenoxy) is 4. The topological polar surface area (TPSA) is 104 Å². The first kappa shape index (κ1) is 25.4. The van der Waals surface area contributed by atoms with Crippen LogP contribution in [0.1, 0.15) is 34.1 Å². The van der Waals surface area contributed by atoms with Crippen LogP contribution in [-0.2, 0) is 4.79 Å². The van der Waals surface area contributed by atoms with E-state index in [-0.39, 0.29) is 11.5 Å². The Balaban J connectivity index is 1.53. The lowest BCUT2D eigenvalue weighted by atomic mass is 9.83. The Bertz CT molecular complexity index is 1540. The summed E-state index contributed by atoms with van der Waals surface area (Å²) in [7, 11) is 3.09. The molecule has 1 atom stereocenters. The van der Waals surface area contributed by atoms with E-state index in [1.807, 2.05) is 72.8 Å². The van der Waals surface area contributed by atoms with Crippen LogP contribution in [0.3, 0.4) is 0 Å². The molecule has 4 aromatic carbocycles. The van der Waals surface area contributed by atoms with Crippen molar-refractivity contribution in [2.24, 2.45) is 5.73 Å². The SMILES string of the molecule is COc1cccc(C2C(C#N)=C(N)Oc3cc(OC(=O)C(c4ccccc4)c4ccccc4)ccc32)c1OC. The molecule has 7 nitrogen and oxygen atoms in total. The van der Waals surface area contributed by atoms with Gasteiger partial charge in [-0.1, -0.05) is 78.9 Å². The maximum absolute atomic E-state index is 13.5. The standard InChI is InChI=1S/C32H26N2O5/c1-36-26-15-9-14-24(30(26)37-2)29-23-17-16-22(18-27(23)39-31(34)25(29)19-33)38-32(35)28(20-10-5-3-6-11-20)21-12-7-4-8-13-21/h3-18,28-29H,34H2,1-2H3. The summed E-state index contributed by atoms with van der Waals surface area (Å²) in [4.78, 5) is 13.5. The van der Waals surface area contributed by atoms with E-state index in [0.29, 0.717) is 34.1 Å². The summed E-state index contributed by atoms with van der Waals surface area (Å²) in [5.41, 5.74) is 9.45. The summed E-state index contributed by atoms with van der Waals surface area (Å²) in [6.45, 7) is 0. The Labute approximate surface area is 226 Å². The lowest BCUT2D eigenvalue weighted by Crippen LogP contribution is -2.22. The van der Waals surface area contributed by atoms with Crippen LogP contribution in [0.25, 0.3) is 0 Å². The van der Waals surface area contributed by atoms with E-state index in [4.69, 9.17) is 24.7 Å². The molecule has 1 unspecified atom stereocenters. The monoisotopic (exact) mass is 518 g/mol. The molecule has 194 valence electrons. The Morgan fingerprint density at radius 1 is 0.872 bits per heavy atom. The van der Waals surface area contributed by atoms with Gasteiger partial charge in [0.2, 0.25) is 5.88 Å². The number of nitrogens with zero attached hydrogens (tertiary/aromatic N) is 1. The fourth-order valence-corrected chi connectivity index (χ4v) is 4.89. The molecule has 7 heteroatoms. The molecule has 39 heavy (non-hydrogen) atoms. The molecule has 0 radical (unpaired) electrons. The van der Waals surface area contributed by atoms with Crippen LogP contribution in [0.2, 0.25) is 0 Å². The van der Waals surface area contributed by atoms with Crippen molar-refractivity contribution < 1.29 is 23.7 Å². The Hall–Kier alpha value is -5.22. The molecular weight excluding hydrogens is 492 g/mol. The summed E-state index contributed by atoms with van der Waals surface area (Å²) < 4.78 is 22.8. The third-order valence-electron chi connectivity index (χ3n) is 6.65. The average molecular weight is 519 g/mol. The van der Waals surface area contributed by atoms with E-state index in [2.05, 4.69) is 6.07 Å². The second kappa shape index (κ2) is 11.0. The number of carbonyl (C=O) groups excluding carboxylic acids is 1. The van der Waals surface area contributed by atoms with Crippen molar-refractivity contribution in [2.45, 2.75) is 11.8 Å². The minimum atomic E-state index is -0.617. The van der Waals surface area contributed by atoms with Crippen LogP contribution < -0.4 is 24.7 Å². The van der Waals surface area contributed by atoms with E-state index < -0.39 is 17.8 Å². The Morgan fingerprint density at radius 3 is 2.13 bits per heavy atom. The average Bonchev–Trinajstić information content (AvgIpc) is 2.97. The van der Waals surface area contributed by atoms with E-state index in [9.17, 15) is 10.1 Å². The van der Waals surface area contributed by atoms with Crippen LogP contribution in [0.15, 0.2) is 109 Å². The first-order chi connectivity index (χ1) is 19.0. The molecule has 4 aromatic rings. The highest BCUT2D eigenvalue weighted by atomic mass is 16.5. The summed E-state index contributed by atoms with van der Waals surface area (Å²) in [6, 6.07) is 31.6. The van der Waals surface area contributed by atoms with Gasteiger partial charge in [-0.25, -0.2) is 0 Å². The zero-order chi connectivity index (χ0) is 27.4. The predicted molar refractivity (Wildman–Crippen MR) is 146 cm³/mol. The molecule has 1 aliphatic rings. The van der Waals surface area contributed by atoms with Crippen molar-refractivity contribution in [1.82, 2.24) is 0 Å². The van der Waals surface area contributed by atoms with Crippen molar-refractivity contribution in [3.63, 3.8) is 0 Å². The molecule has 0 bridgehead atoms. The first-order valence-electron chi connectivity index (χ1n) is 12.3. The molecule has 0 saturated heterocycles. The van der Waals surface area contributed by atoms with Gasteiger partial charge in [0, 0.05) is 17.2 Å². The van der Waals surface area contributed by atoms with Gasteiger partial charge in [-0.15, -0.1) is 0 Å². The number of hydrogen-bond acceptors (Lipinski definition) is 7. The summed E-state index contributed by atoms with van der Waals surface area (Å²) in [5.74, 6) is 0.0241. The minimum absolute atomic E-state index is 0.0326. The van der Waals surface area contributed by atoms with Crippen molar-refractivity contribution in [3.8, 4) is 29.1 Å². The zero-order valence-corrected chi connectivity index (χ0v) is 21.5. The number of allylic oxidation sites excluding steroid dienone is 1. The lowest BCUT2D eigenvalue weighted by Gasteiger charge is -2.28. The van der Waals surface area contributed by atoms with Crippen LogP contribution >= 0.6 is 0 Å². The molecule has 0 fully saturated rings. The van der Waals surface area contributed by atoms with Gasteiger partial charge < -0.3 is 24.7 Å². The highest BCUT2D eigenvalue weighted by molar-refractivity contribution is 5.84. The molecule has 5 rings (SSSR count). The largest absolute Gasteiger partial charge is 0.493 e. The number of methoxy groups -OCH3 is 2. The second-order valence-corrected chi connectivity index (χ2v) is 8.88. The quantitative estimate of drug-likeness (QED) is 0.249. The van der Waals surface area contributed by atoms with Gasteiger partial charge in [0.15, 0.2) is 11.5 Å². The number of para-hydroxylation sites is 1. The smallest absolute Gasteiger partial charge is 0.323 e. The minimum Gasteiger partial charge on any atom is -0.493 e. The highest BCUT2D eigenvalue weighted by Gasteiger charge is 2.34. The third-order valence-corrected chi connectivity index (χ3v) is 6.65. The number of nitrogens with two attached hydrogens (primary N) is 1. The first-order valence-corrected chi connectivity index (χ1v) is 12.3. The number of nitriles is 1. The van der Waals surface area contributed by atoms with Crippen molar-refractivity contribution >= 4 is 5.97 Å². The highest BCUT2D eigenvalue weighted by Crippen LogP contribution is 2.48. The number of rotatable bonds is 7. The van der Waals surface area contributed by atoms with Gasteiger partial charge in [0.05, 0.1) is 20.1 Å². The Morgan fingerprint density at radius 2 is 1.54 bits per heavy atom. The van der Waals surface area contributed by atoms with E-state index in [0.717, 1.165) is 11.1 Å². The van der Waals surface area contributed by atoms with E-state index in [1.54, 1.807) is 38.5 Å². The number of fused-ring (bicyclic) bond motifs is 1. The molecule has 1 heterocycles. The predicted octanol–water partition coefficient (Wildman–Crippen LogP) is 5.66. The lowest BCUT2D eigenvalue weighted by molar-refractivity contribution is -0.135. The van der Waals surface area contributed by atoms with Gasteiger partial charge >= 0.3 is 5.97 Å². The van der Waals surface area contributed by atoms with Crippen molar-refractivity contribution in [3.05, 3.63) is 131 Å². The number of benzene rings is 4. The maximum atomic E-state index is 13.5. The van der Waals surface area contributed by atoms with Crippen LogP contribution in [0.5, 0.6) is 23.0 Å². The number of carbonyl (C=O) groups is 1. The molecule has 0 aliphatic carbocycles. The van der Waals surface area contributed by atoms with Crippen molar-refractivity contribution in [2.75, 3.05) is 14.2 Å². The van der Waals surface area contributed by atoms with Gasteiger partial charge in [0.1, 0.15) is 29.1 Å². The van der Waals surface area contributed by atoms with E-state index in [1.165, 1.54) is 0 Å². The van der Waals surface area contributed by atoms with Crippen molar-refractivity contribution in [1.29, 1.82) is 5.26 Å². The molecular formula is C32H26N2O5. The zero-order valence-electron chi connectivity index (χ0n) is 21.5. The van der Waals surface area contributed by atoms with Gasteiger partial charge in [-0.05, 0) is 23.3 Å².